The molecule has 108 valence electrons. The van der Waals surface area contributed by atoms with E-state index in [0.29, 0.717) is 12.1 Å². The van der Waals surface area contributed by atoms with Crippen LogP contribution >= 0.6 is 0 Å². The first-order chi connectivity index (χ1) is 9.54. The predicted molar refractivity (Wildman–Crippen MR) is 75.3 cm³/mol. The Hall–Kier alpha value is -2.15. The van der Waals surface area contributed by atoms with Crippen molar-refractivity contribution in [2.24, 2.45) is 5.84 Å². The molecule has 0 spiro atoms. The predicted octanol–water partition coefficient (Wildman–Crippen LogP) is 1.90. The summed E-state index contributed by atoms with van der Waals surface area (Å²) >= 11 is 0. The molecule has 7 nitrogen and oxygen atoms in total. The number of piperidine rings is 1. The molecule has 2 rings (SSSR count). The van der Waals surface area contributed by atoms with E-state index < -0.39 is 4.92 Å². The van der Waals surface area contributed by atoms with Crippen LogP contribution in [0.15, 0.2) is 18.2 Å². The molecule has 1 aromatic carbocycles. The van der Waals surface area contributed by atoms with Gasteiger partial charge in [-0.1, -0.05) is 0 Å². The van der Waals surface area contributed by atoms with Crippen LogP contribution in [0, 0.1) is 10.1 Å². The molecule has 1 amide bonds. The average Bonchev–Trinajstić information content (AvgIpc) is 2.46. The van der Waals surface area contributed by atoms with Gasteiger partial charge in [0, 0.05) is 24.2 Å². The van der Waals surface area contributed by atoms with E-state index >= 15 is 0 Å². The summed E-state index contributed by atoms with van der Waals surface area (Å²) in [6, 6.07) is 4.47. The first-order valence-corrected chi connectivity index (χ1v) is 6.60. The SMILES string of the molecule is CC1CCCCN1C(=O)c1ccc(NN)c([N+](=O)[O-])c1. The Kier molecular flexibility index (Phi) is 4.19. The maximum atomic E-state index is 12.4. The molecule has 1 saturated heterocycles. The number of nitrogens with one attached hydrogen (secondary N) is 1. The highest BCUT2D eigenvalue weighted by Gasteiger charge is 2.26. The summed E-state index contributed by atoms with van der Waals surface area (Å²) in [6.07, 6.45) is 3.05. The molecule has 1 aliphatic rings. The van der Waals surface area contributed by atoms with E-state index in [9.17, 15) is 14.9 Å². The van der Waals surface area contributed by atoms with Crippen LogP contribution in [0.2, 0.25) is 0 Å². The lowest BCUT2D eigenvalue weighted by molar-refractivity contribution is -0.384. The van der Waals surface area contributed by atoms with E-state index in [1.54, 1.807) is 11.0 Å². The first kappa shape index (κ1) is 14.3. The van der Waals surface area contributed by atoms with Crippen LogP contribution in [-0.2, 0) is 0 Å². The molecule has 1 heterocycles. The highest BCUT2D eigenvalue weighted by molar-refractivity contribution is 5.96. The second-order valence-electron chi connectivity index (χ2n) is 4.98. The number of nitrogen functional groups attached to an aromatic ring is 1. The lowest BCUT2D eigenvalue weighted by atomic mass is 10.0. The number of likely N-dealkylation sites (tertiary alicyclic amines) is 1. The summed E-state index contributed by atoms with van der Waals surface area (Å²) in [4.78, 5) is 24.6. The third-order valence-corrected chi connectivity index (χ3v) is 3.66. The molecule has 1 aliphatic heterocycles. The van der Waals surface area contributed by atoms with Gasteiger partial charge in [-0.15, -0.1) is 0 Å². The van der Waals surface area contributed by atoms with Gasteiger partial charge in [0.25, 0.3) is 11.6 Å². The molecule has 0 radical (unpaired) electrons. The summed E-state index contributed by atoms with van der Waals surface area (Å²) < 4.78 is 0. The largest absolute Gasteiger partial charge is 0.336 e. The number of amides is 1. The number of hydrogen-bond donors (Lipinski definition) is 2. The van der Waals surface area contributed by atoms with E-state index in [-0.39, 0.29) is 23.3 Å². The molecule has 0 bridgehead atoms. The molecule has 7 heteroatoms. The Labute approximate surface area is 116 Å². The fraction of sp³-hybridized carbons (Fsp3) is 0.462. The fourth-order valence-corrected chi connectivity index (χ4v) is 2.50. The maximum absolute atomic E-state index is 12.4. The zero-order valence-corrected chi connectivity index (χ0v) is 11.3. The summed E-state index contributed by atoms with van der Waals surface area (Å²) in [6.45, 7) is 2.70. The minimum Gasteiger partial charge on any atom is -0.336 e. The molecular weight excluding hydrogens is 260 g/mol. The van der Waals surface area contributed by atoms with Crippen molar-refractivity contribution in [2.75, 3.05) is 12.0 Å². The van der Waals surface area contributed by atoms with Crippen molar-refractivity contribution >= 4 is 17.3 Å². The van der Waals surface area contributed by atoms with Crippen molar-refractivity contribution in [2.45, 2.75) is 32.2 Å². The zero-order valence-electron chi connectivity index (χ0n) is 11.3. The van der Waals surface area contributed by atoms with Crippen LogP contribution in [0.3, 0.4) is 0 Å². The van der Waals surface area contributed by atoms with Crippen molar-refractivity contribution in [3.63, 3.8) is 0 Å². The van der Waals surface area contributed by atoms with Crippen LogP contribution in [0.4, 0.5) is 11.4 Å². The third-order valence-electron chi connectivity index (χ3n) is 3.66. The van der Waals surface area contributed by atoms with E-state index in [1.807, 2.05) is 6.92 Å². The van der Waals surface area contributed by atoms with Gasteiger partial charge in [0.05, 0.1) is 4.92 Å². The van der Waals surface area contributed by atoms with Gasteiger partial charge < -0.3 is 10.3 Å². The van der Waals surface area contributed by atoms with Gasteiger partial charge >= 0.3 is 0 Å². The van der Waals surface area contributed by atoms with Crippen molar-refractivity contribution < 1.29 is 9.72 Å². The normalized spacial score (nSPS) is 18.7. The molecule has 0 saturated carbocycles. The Balaban J connectivity index is 2.30. The second kappa shape index (κ2) is 5.87. The number of nitro groups is 1. The van der Waals surface area contributed by atoms with Gasteiger partial charge in [-0.2, -0.15) is 0 Å². The Morgan fingerprint density at radius 3 is 2.85 bits per heavy atom. The highest BCUT2D eigenvalue weighted by atomic mass is 16.6. The molecule has 1 aromatic rings. The molecule has 3 N–H and O–H groups in total. The Morgan fingerprint density at radius 2 is 2.25 bits per heavy atom. The van der Waals surface area contributed by atoms with Crippen molar-refractivity contribution in [3.8, 4) is 0 Å². The molecule has 0 aliphatic carbocycles. The lowest BCUT2D eigenvalue weighted by Gasteiger charge is -2.33. The molecule has 1 unspecified atom stereocenters. The molecule has 1 atom stereocenters. The minimum atomic E-state index is -0.550. The number of nitrogens with zero attached hydrogens (tertiary/aromatic N) is 2. The number of carbonyl (C=O) groups is 1. The molecule has 0 aromatic heterocycles. The first-order valence-electron chi connectivity index (χ1n) is 6.60. The van der Waals surface area contributed by atoms with Crippen molar-refractivity contribution in [1.82, 2.24) is 4.90 Å². The molecule has 1 fully saturated rings. The quantitative estimate of drug-likeness (QED) is 0.499. The molecular formula is C13H18N4O3. The Bertz CT molecular complexity index is 532. The van der Waals surface area contributed by atoms with E-state index in [4.69, 9.17) is 5.84 Å². The smallest absolute Gasteiger partial charge is 0.294 e. The number of carbonyl (C=O) groups excluding carboxylic acids is 1. The van der Waals surface area contributed by atoms with Gasteiger partial charge in [0.2, 0.25) is 0 Å². The van der Waals surface area contributed by atoms with E-state index in [0.717, 1.165) is 19.3 Å². The molecule has 20 heavy (non-hydrogen) atoms. The standard InChI is InChI=1S/C13H18N4O3/c1-9-4-2-3-7-16(9)13(18)10-5-6-11(15-14)12(8-10)17(19)20/h5-6,8-9,15H,2-4,7,14H2,1H3. The van der Waals surface area contributed by atoms with Crippen LogP contribution in [0.5, 0.6) is 0 Å². The minimum absolute atomic E-state index is 0.163. The fourth-order valence-electron chi connectivity index (χ4n) is 2.50. The number of nitrogens with two attached hydrogens (primary N) is 1. The van der Waals surface area contributed by atoms with Gasteiger partial charge in [0.15, 0.2) is 0 Å². The topological polar surface area (TPSA) is 102 Å². The number of hydrazine groups is 1. The van der Waals surface area contributed by atoms with Crippen LogP contribution < -0.4 is 11.3 Å². The van der Waals surface area contributed by atoms with E-state index in [2.05, 4.69) is 5.43 Å². The third kappa shape index (κ3) is 2.72. The number of rotatable bonds is 3. The monoisotopic (exact) mass is 278 g/mol. The second-order valence-corrected chi connectivity index (χ2v) is 4.98. The van der Waals surface area contributed by atoms with Gasteiger partial charge in [0.1, 0.15) is 5.69 Å². The maximum Gasteiger partial charge on any atom is 0.294 e. The summed E-state index contributed by atoms with van der Waals surface area (Å²) in [5.41, 5.74) is 2.59. The van der Waals surface area contributed by atoms with Gasteiger partial charge in [-0.3, -0.25) is 20.8 Å². The summed E-state index contributed by atoms with van der Waals surface area (Å²) in [5.74, 6) is 5.07. The van der Waals surface area contributed by atoms with Crippen molar-refractivity contribution in [1.29, 1.82) is 0 Å². The zero-order chi connectivity index (χ0) is 14.7. The lowest BCUT2D eigenvalue weighted by Crippen LogP contribution is -2.42. The Morgan fingerprint density at radius 1 is 1.50 bits per heavy atom. The number of hydrogen-bond acceptors (Lipinski definition) is 5. The van der Waals surface area contributed by atoms with Gasteiger partial charge in [-0.05, 0) is 38.3 Å². The van der Waals surface area contributed by atoms with Crippen LogP contribution in [0.25, 0.3) is 0 Å². The average molecular weight is 278 g/mol. The van der Waals surface area contributed by atoms with E-state index in [1.165, 1.54) is 12.1 Å². The number of benzene rings is 1. The van der Waals surface area contributed by atoms with Gasteiger partial charge in [-0.25, -0.2) is 0 Å². The summed E-state index contributed by atoms with van der Waals surface area (Å²) in [7, 11) is 0. The number of nitro benzene ring substituents is 1. The highest BCUT2D eigenvalue weighted by Crippen LogP contribution is 2.26. The van der Waals surface area contributed by atoms with Crippen molar-refractivity contribution in [3.05, 3.63) is 33.9 Å². The summed E-state index contributed by atoms with van der Waals surface area (Å²) in [5, 5.41) is 11.0. The van der Waals surface area contributed by atoms with Crippen LogP contribution in [0.1, 0.15) is 36.5 Å². The van der Waals surface area contributed by atoms with Crippen LogP contribution in [-0.4, -0.2) is 28.3 Å². The number of anilines is 1.